The van der Waals surface area contributed by atoms with Crippen LogP contribution in [0, 0.1) is 0 Å². The van der Waals surface area contributed by atoms with Crippen LogP contribution < -0.4 is 10.1 Å². The van der Waals surface area contributed by atoms with Gasteiger partial charge in [-0.15, -0.1) is 10.2 Å². The zero-order chi connectivity index (χ0) is 18.5. The van der Waals surface area contributed by atoms with E-state index in [1.165, 1.54) is 23.1 Å². The predicted octanol–water partition coefficient (Wildman–Crippen LogP) is 5.31. The van der Waals surface area contributed by atoms with E-state index >= 15 is 0 Å². The number of ketones is 1. The molecule has 0 radical (unpaired) electrons. The van der Waals surface area contributed by atoms with E-state index in [1.807, 2.05) is 31.2 Å². The minimum atomic E-state index is -0.266. The molecule has 0 bridgehead atoms. The number of methoxy groups -OCH3 is 1. The Morgan fingerprint density at radius 3 is 2.50 bits per heavy atom. The number of Topliss-reactive ketones (excluding diaryl/α,β-unsaturated/α-hetero) is 1. The molecule has 0 saturated carbocycles. The lowest BCUT2D eigenvalue weighted by Crippen LogP contribution is -2.13. The van der Waals surface area contributed by atoms with E-state index in [4.69, 9.17) is 16.3 Å². The smallest absolute Gasteiger partial charge is 0.210 e. The number of benzene rings is 2. The highest BCUT2D eigenvalue weighted by Gasteiger charge is 2.18. The molecule has 3 aromatic rings. The van der Waals surface area contributed by atoms with E-state index in [1.54, 1.807) is 31.4 Å². The maximum Gasteiger partial charge on any atom is 0.210 e. The first-order chi connectivity index (χ1) is 12.5. The largest absolute Gasteiger partial charge is 0.497 e. The summed E-state index contributed by atoms with van der Waals surface area (Å²) in [7, 11) is 1.63. The predicted molar refractivity (Wildman–Crippen MR) is 107 cm³/mol. The van der Waals surface area contributed by atoms with Crippen molar-refractivity contribution in [3.8, 4) is 5.75 Å². The van der Waals surface area contributed by atoms with Crippen LogP contribution in [0.15, 0.2) is 52.9 Å². The molecular weight excluding hydrogens is 390 g/mol. The number of carbonyl (C=O) groups is 1. The van der Waals surface area contributed by atoms with Crippen molar-refractivity contribution >= 4 is 51.3 Å². The average molecular weight is 406 g/mol. The van der Waals surface area contributed by atoms with Crippen molar-refractivity contribution in [2.45, 2.75) is 16.5 Å². The normalized spacial score (nSPS) is 11.8. The molecule has 0 aliphatic heterocycles. The van der Waals surface area contributed by atoms with Crippen LogP contribution in [0.2, 0.25) is 5.02 Å². The third kappa shape index (κ3) is 4.75. The molecule has 5 nitrogen and oxygen atoms in total. The SMILES string of the molecule is COc1ccc(Nc2nnc(S[C@@H](C)C(=O)c3ccc(Cl)cc3)s2)cc1. The number of hydrogen-bond donors (Lipinski definition) is 1. The summed E-state index contributed by atoms with van der Waals surface area (Å²) in [6.07, 6.45) is 0. The van der Waals surface area contributed by atoms with Gasteiger partial charge in [0.2, 0.25) is 5.13 Å². The van der Waals surface area contributed by atoms with E-state index in [0.29, 0.717) is 15.7 Å². The number of nitrogens with one attached hydrogen (secondary N) is 1. The molecule has 134 valence electrons. The fourth-order valence-corrected chi connectivity index (χ4v) is 4.28. The third-order valence-corrected chi connectivity index (χ3v) is 5.80. The lowest BCUT2D eigenvalue weighted by atomic mass is 10.1. The highest BCUT2D eigenvalue weighted by molar-refractivity contribution is 8.02. The van der Waals surface area contributed by atoms with E-state index in [-0.39, 0.29) is 11.0 Å². The zero-order valence-electron chi connectivity index (χ0n) is 14.1. The molecular formula is C18H16ClN3O2S2. The maximum atomic E-state index is 12.5. The van der Waals surface area contributed by atoms with Crippen LogP contribution in [0.25, 0.3) is 0 Å². The number of nitrogens with zero attached hydrogens (tertiary/aromatic N) is 2. The van der Waals surface area contributed by atoms with Crippen molar-refractivity contribution in [2.24, 2.45) is 0 Å². The molecule has 3 rings (SSSR count). The van der Waals surface area contributed by atoms with Crippen molar-refractivity contribution < 1.29 is 9.53 Å². The van der Waals surface area contributed by atoms with Gasteiger partial charge in [-0.2, -0.15) is 0 Å². The van der Waals surface area contributed by atoms with Crippen LogP contribution in [-0.2, 0) is 0 Å². The number of halogens is 1. The molecule has 1 N–H and O–H groups in total. The van der Waals surface area contributed by atoms with E-state index < -0.39 is 0 Å². The molecule has 26 heavy (non-hydrogen) atoms. The molecule has 1 aromatic heterocycles. The van der Waals surface area contributed by atoms with Gasteiger partial charge in [0.15, 0.2) is 10.1 Å². The number of anilines is 2. The van der Waals surface area contributed by atoms with Gasteiger partial charge in [-0.05, 0) is 55.5 Å². The van der Waals surface area contributed by atoms with Crippen molar-refractivity contribution in [1.82, 2.24) is 10.2 Å². The fourth-order valence-electron chi connectivity index (χ4n) is 2.16. The van der Waals surface area contributed by atoms with Crippen LogP contribution >= 0.6 is 34.7 Å². The Balaban J connectivity index is 1.61. The van der Waals surface area contributed by atoms with Crippen LogP contribution in [0.5, 0.6) is 5.75 Å². The van der Waals surface area contributed by atoms with Crippen LogP contribution in [-0.4, -0.2) is 28.3 Å². The van der Waals surface area contributed by atoms with E-state index in [0.717, 1.165) is 15.8 Å². The number of rotatable bonds is 7. The van der Waals surface area contributed by atoms with Gasteiger partial charge in [-0.3, -0.25) is 4.79 Å². The summed E-state index contributed by atoms with van der Waals surface area (Å²) in [6, 6.07) is 14.4. The van der Waals surface area contributed by atoms with Crippen molar-refractivity contribution in [2.75, 3.05) is 12.4 Å². The Morgan fingerprint density at radius 2 is 1.85 bits per heavy atom. The lowest BCUT2D eigenvalue weighted by Gasteiger charge is -2.07. The quantitative estimate of drug-likeness (QED) is 0.424. The fraction of sp³-hybridized carbons (Fsp3) is 0.167. The highest BCUT2D eigenvalue weighted by Crippen LogP contribution is 2.32. The zero-order valence-corrected chi connectivity index (χ0v) is 16.5. The average Bonchev–Trinajstić information content (AvgIpc) is 3.09. The maximum absolute atomic E-state index is 12.5. The summed E-state index contributed by atoms with van der Waals surface area (Å²) in [5.74, 6) is 0.824. The highest BCUT2D eigenvalue weighted by atomic mass is 35.5. The van der Waals surface area contributed by atoms with Gasteiger partial charge in [-0.1, -0.05) is 34.7 Å². The molecule has 2 aromatic carbocycles. The van der Waals surface area contributed by atoms with Gasteiger partial charge >= 0.3 is 0 Å². The molecule has 0 unspecified atom stereocenters. The Kier molecular flexibility index (Phi) is 6.13. The summed E-state index contributed by atoms with van der Waals surface area (Å²) in [4.78, 5) is 12.5. The minimum absolute atomic E-state index is 0.0338. The second kappa shape index (κ2) is 8.53. The summed E-state index contributed by atoms with van der Waals surface area (Å²) in [6.45, 7) is 1.86. The molecule has 0 aliphatic rings. The second-order valence-corrected chi connectivity index (χ2v) is 8.36. The van der Waals surface area contributed by atoms with Gasteiger partial charge in [0.05, 0.1) is 12.4 Å². The van der Waals surface area contributed by atoms with Gasteiger partial charge in [0, 0.05) is 16.3 Å². The Labute approximate surface area is 164 Å². The van der Waals surface area contributed by atoms with Crippen molar-refractivity contribution in [3.05, 3.63) is 59.1 Å². The molecule has 1 heterocycles. The summed E-state index contributed by atoms with van der Waals surface area (Å²) in [5.41, 5.74) is 1.53. The van der Waals surface area contributed by atoms with Crippen LogP contribution in [0.3, 0.4) is 0 Å². The molecule has 8 heteroatoms. The van der Waals surface area contributed by atoms with E-state index in [2.05, 4.69) is 15.5 Å². The van der Waals surface area contributed by atoms with Crippen molar-refractivity contribution in [3.63, 3.8) is 0 Å². The van der Waals surface area contributed by atoms with Gasteiger partial charge < -0.3 is 10.1 Å². The molecule has 0 fully saturated rings. The summed E-state index contributed by atoms with van der Waals surface area (Å²) >= 11 is 8.66. The standard InChI is InChI=1S/C18H16ClN3O2S2/c1-11(16(23)12-3-5-13(19)6-4-12)25-18-22-21-17(26-18)20-14-7-9-15(24-2)10-8-14/h3-11H,1-2H3,(H,20,21)/t11-/m0/s1. The van der Waals surface area contributed by atoms with Crippen LogP contribution in [0.1, 0.15) is 17.3 Å². The monoisotopic (exact) mass is 405 g/mol. The number of carbonyl (C=O) groups excluding carboxylic acids is 1. The lowest BCUT2D eigenvalue weighted by molar-refractivity contribution is 0.0994. The first-order valence-corrected chi connectivity index (χ1v) is 9.83. The third-order valence-electron chi connectivity index (χ3n) is 3.52. The Hall–Kier alpha value is -2.09. The molecule has 0 aliphatic carbocycles. The van der Waals surface area contributed by atoms with Gasteiger partial charge in [0.25, 0.3) is 0 Å². The van der Waals surface area contributed by atoms with Crippen LogP contribution in [0.4, 0.5) is 10.8 Å². The minimum Gasteiger partial charge on any atom is -0.497 e. The van der Waals surface area contributed by atoms with Gasteiger partial charge in [-0.25, -0.2) is 0 Å². The second-order valence-electron chi connectivity index (χ2n) is 5.36. The summed E-state index contributed by atoms with van der Waals surface area (Å²) in [5, 5.41) is 12.5. The number of hydrogen-bond acceptors (Lipinski definition) is 7. The number of ether oxygens (including phenoxy) is 1. The number of thioether (sulfide) groups is 1. The number of aromatic nitrogens is 2. The Morgan fingerprint density at radius 1 is 1.15 bits per heavy atom. The molecule has 0 spiro atoms. The van der Waals surface area contributed by atoms with Gasteiger partial charge in [0.1, 0.15) is 5.75 Å². The molecule has 0 amide bonds. The molecule has 1 atom stereocenters. The summed E-state index contributed by atoms with van der Waals surface area (Å²) < 4.78 is 5.87. The molecule has 0 saturated heterocycles. The first-order valence-electron chi connectivity index (χ1n) is 7.76. The topological polar surface area (TPSA) is 64.1 Å². The van der Waals surface area contributed by atoms with E-state index in [9.17, 15) is 4.79 Å². The Bertz CT molecular complexity index is 882. The van der Waals surface area contributed by atoms with Crippen molar-refractivity contribution in [1.29, 1.82) is 0 Å². The first kappa shape index (κ1) is 18.7.